The number of rotatable bonds is 4. The molecule has 23 heavy (non-hydrogen) atoms. The summed E-state index contributed by atoms with van der Waals surface area (Å²) in [6.07, 6.45) is 1.54. The zero-order valence-corrected chi connectivity index (χ0v) is 12.4. The summed E-state index contributed by atoms with van der Waals surface area (Å²) in [5, 5.41) is 20.6. The maximum absolute atomic E-state index is 6.12. The van der Waals surface area contributed by atoms with Gasteiger partial charge in [0, 0.05) is 5.56 Å². The molecular weight excluding hydrogens is 320 g/mol. The summed E-state index contributed by atoms with van der Waals surface area (Å²) >= 11 is 6.12. The van der Waals surface area contributed by atoms with E-state index in [-0.39, 0.29) is 6.54 Å². The number of furan rings is 1. The van der Waals surface area contributed by atoms with Crippen LogP contribution < -0.4 is 0 Å². The molecule has 0 fully saturated rings. The third kappa shape index (κ3) is 2.71. The second-order valence-electron chi connectivity index (χ2n) is 4.60. The summed E-state index contributed by atoms with van der Waals surface area (Å²) in [5.41, 5.74) is 0.710. The van der Waals surface area contributed by atoms with E-state index < -0.39 is 0 Å². The number of hydrogen-bond donors (Lipinski definition) is 0. The molecule has 0 spiro atoms. The number of hydrogen-bond acceptors (Lipinski definition) is 7. The molecule has 0 amide bonds. The molecule has 9 heteroatoms. The van der Waals surface area contributed by atoms with Gasteiger partial charge in [-0.2, -0.15) is 4.80 Å². The first-order valence-corrected chi connectivity index (χ1v) is 7.06. The molecule has 0 bridgehead atoms. The van der Waals surface area contributed by atoms with E-state index in [1.807, 2.05) is 18.2 Å². The lowest BCUT2D eigenvalue weighted by atomic mass is 10.2. The normalized spacial score (nSPS) is 11.0. The summed E-state index contributed by atoms with van der Waals surface area (Å²) in [6, 6.07) is 10.8. The minimum Gasteiger partial charge on any atom is -0.459 e. The summed E-state index contributed by atoms with van der Waals surface area (Å²) in [7, 11) is 0. The van der Waals surface area contributed by atoms with E-state index >= 15 is 0 Å². The van der Waals surface area contributed by atoms with Crippen molar-refractivity contribution in [2.24, 2.45) is 0 Å². The SMILES string of the molecule is Clc1ccccc1-c1nnn(Cc2nnc(-c3ccco3)o2)n1. The van der Waals surface area contributed by atoms with Gasteiger partial charge < -0.3 is 8.83 Å². The third-order valence-corrected chi connectivity index (χ3v) is 3.37. The average molecular weight is 329 g/mol. The van der Waals surface area contributed by atoms with Gasteiger partial charge in [-0.25, -0.2) is 0 Å². The Balaban J connectivity index is 1.55. The van der Waals surface area contributed by atoms with Crippen LogP contribution in [0.2, 0.25) is 5.02 Å². The molecule has 0 radical (unpaired) electrons. The van der Waals surface area contributed by atoms with E-state index in [4.69, 9.17) is 20.4 Å². The molecule has 0 N–H and O–H groups in total. The van der Waals surface area contributed by atoms with E-state index in [0.29, 0.717) is 34.0 Å². The smallest absolute Gasteiger partial charge is 0.283 e. The van der Waals surface area contributed by atoms with E-state index in [1.165, 1.54) is 11.1 Å². The van der Waals surface area contributed by atoms with Gasteiger partial charge in [0.15, 0.2) is 5.76 Å². The lowest BCUT2D eigenvalue weighted by Crippen LogP contribution is -2.04. The average Bonchev–Trinajstić information content (AvgIpc) is 3.29. The molecule has 0 aliphatic rings. The van der Waals surface area contributed by atoms with Crippen molar-refractivity contribution in [1.29, 1.82) is 0 Å². The second-order valence-corrected chi connectivity index (χ2v) is 5.01. The van der Waals surface area contributed by atoms with Crippen molar-refractivity contribution in [3.63, 3.8) is 0 Å². The maximum Gasteiger partial charge on any atom is 0.283 e. The van der Waals surface area contributed by atoms with Crippen LogP contribution in [0.25, 0.3) is 23.0 Å². The van der Waals surface area contributed by atoms with Crippen molar-refractivity contribution in [3.05, 3.63) is 53.6 Å². The Morgan fingerprint density at radius 1 is 1.04 bits per heavy atom. The predicted octanol–water partition coefficient (Wildman–Crippen LogP) is 2.68. The predicted molar refractivity (Wildman–Crippen MR) is 79.4 cm³/mol. The number of nitrogens with zero attached hydrogens (tertiary/aromatic N) is 6. The Labute approximate surface area is 134 Å². The fraction of sp³-hybridized carbons (Fsp3) is 0.0714. The molecule has 0 saturated carbocycles. The monoisotopic (exact) mass is 328 g/mol. The van der Waals surface area contributed by atoms with Crippen LogP contribution in [-0.4, -0.2) is 30.4 Å². The molecule has 0 atom stereocenters. The van der Waals surface area contributed by atoms with Gasteiger partial charge in [-0.3, -0.25) is 0 Å². The molecule has 0 saturated heterocycles. The van der Waals surface area contributed by atoms with Crippen LogP contribution in [0.3, 0.4) is 0 Å². The molecule has 0 aliphatic carbocycles. The Morgan fingerprint density at radius 2 is 1.96 bits per heavy atom. The minimum absolute atomic E-state index is 0.200. The van der Waals surface area contributed by atoms with Gasteiger partial charge in [-0.05, 0) is 29.5 Å². The van der Waals surface area contributed by atoms with Crippen LogP contribution in [0, 0.1) is 0 Å². The number of aromatic nitrogens is 6. The van der Waals surface area contributed by atoms with Crippen molar-refractivity contribution in [2.75, 3.05) is 0 Å². The van der Waals surface area contributed by atoms with Gasteiger partial charge in [-0.15, -0.1) is 20.4 Å². The molecule has 4 rings (SSSR count). The quantitative estimate of drug-likeness (QED) is 0.568. The highest BCUT2D eigenvalue weighted by molar-refractivity contribution is 6.33. The molecule has 0 unspecified atom stereocenters. The molecular formula is C14H9ClN6O2. The van der Waals surface area contributed by atoms with E-state index in [1.54, 1.807) is 18.2 Å². The first kappa shape index (κ1) is 13.6. The first-order chi connectivity index (χ1) is 11.3. The highest BCUT2D eigenvalue weighted by Gasteiger charge is 2.14. The molecule has 0 aliphatic heterocycles. The van der Waals surface area contributed by atoms with Crippen molar-refractivity contribution in [3.8, 4) is 23.0 Å². The van der Waals surface area contributed by atoms with Gasteiger partial charge in [0.1, 0.15) is 6.54 Å². The van der Waals surface area contributed by atoms with Gasteiger partial charge in [0.05, 0.1) is 11.3 Å². The molecule has 1 aromatic carbocycles. The number of tetrazole rings is 1. The molecule has 114 valence electrons. The van der Waals surface area contributed by atoms with Crippen molar-refractivity contribution in [1.82, 2.24) is 30.4 Å². The molecule has 8 nitrogen and oxygen atoms in total. The highest BCUT2D eigenvalue weighted by atomic mass is 35.5. The number of halogens is 1. The fourth-order valence-electron chi connectivity index (χ4n) is 2.00. The fourth-order valence-corrected chi connectivity index (χ4v) is 2.22. The second kappa shape index (κ2) is 5.65. The van der Waals surface area contributed by atoms with Crippen molar-refractivity contribution < 1.29 is 8.83 Å². The van der Waals surface area contributed by atoms with E-state index in [9.17, 15) is 0 Å². The Morgan fingerprint density at radius 3 is 2.78 bits per heavy atom. The molecule has 4 aromatic rings. The molecule has 3 aromatic heterocycles. The maximum atomic E-state index is 6.12. The molecule has 3 heterocycles. The van der Waals surface area contributed by atoms with Crippen molar-refractivity contribution in [2.45, 2.75) is 6.54 Å². The minimum atomic E-state index is 0.200. The summed E-state index contributed by atoms with van der Waals surface area (Å²) in [4.78, 5) is 1.36. The van der Waals surface area contributed by atoms with Crippen LogP contribution in [-0.2, 0) is 6.54 Å². The highest BCUT2D eigenvalue weighted by Crippen LogP contribution is 2.23. The Hall–Kier alpha value is -3.00. The summed E-state index contributed by atoms with van der Waals surface area (Å²) < 4.78 is 10.7. The summed E-state index contributed by atoms with van der Waals surface area (Å²) in [5.74, 6) is 1.59. The topological polar surface area (TPSA) is 95.7 Å². The van der Waals surface area contributed by atoms with Crippen molar-refractivity contribution >= 4 is 11.6 Å². The third-order valence-electron chi connectivity index (χ3n) is 3.04. The summed E-state index contributed by atoms with van der Waals surface area (Å²) in [6.45, 7) is 0.200. The Bertz CT molecular complexity index is 930. The van der Waals surface area contributed by atoms with Crippen LogP contribution in [0.5, 0.6) is 0 Å². The van der Waals surface area contributed by atoms with Gasteiger partial charge in [0.25, 0.3) is 5.89 Å². The van der Waals surface area contributed by atoms with Gasteiger partial charge >= 0.3 is 0 Å². The Kier molecular flexibility index (Phi) is 3.35. The van der Waals surface area contributed by atoms with Crippen LogP contribution in [0.4, 0.5) is 0 Å². The number of benzene rings is 1. The first-order valence-electron chi connectivity index (χ1n) is 6.68. The lowest BCUT2D eigenvalue weighted by molar-refractivity contribution is 0.436. The van der Waals surface area contributed by atoms with E-state index in [2.05, 4.69) is 25.6 Å². The van der Waals surface area contributed by atoms with Crippen LogP contribution in [0.1, 0.15) is 5.89 Å². The largest absolute Gasteiger partial charge is 0.459 e. The van der Waals surface area contributed by atoms with Gasteiger partial charge in [-0.1, -0.05) is 23.7 Å². The van der Waals surface area contributed by atoms with Crippen LogP contribution in [0.15, 0.2) is 51.5 Å². The van der Waals surface area contributed by atoms with Gasteiger partial charge in [0.2, 0.25) is 11.7 Å². The zero-order valence-electron chi connectivity index (χ0n) is 11.6. The zero-order chi connectivity index (χ0) is 15.6. The van der Waals surface area contributed by atoms with E-state index in [0.717, 1.165) is 0 Å². The standard InChI is InChI=1S/C14H9ClN6O2/c15-10-5-2-1-4-9(10)13-17-20-21(19-13)8-12-16-18-14(23-12)11-6-3-7-22-11/h1-7H,8H2. The lowest BCUT2D eigenvalue weighted by Gasteiger charge is -1.96. The van der Waals surface area contributed by atoms with Crippen LogP contribution >= 0.6 is 11.6 Å².